The number of fused-ring (bicyclic) bond motifs is 1. The molecule has 0 aliphatic rings. The van der Waals surface area contributed by atoms with Crippen LogP contribution in [0.5, 0.6) is 0 Å². The van der Waals surface area contributed by atoms with E-state index in [1.807, 2.05) is 41.3 Å². The van der Waals surface area contributed by atoms with Gasteiger partial charge in [-0.25, -0.2) is 9.37 Å². The summed E-state index contributed by atoms with van der Waals surface area (Å²) in [5.41, 5.74) is 1.36. The van der Waals surface area contributed by atoms with Crippen LogP contribution in [-0.4, -0.2) is 34.2 Å². The summed E-state index contributed by atoms with van der Waals surface area (Å²) >= 11 is 6.79. The Labute approximate surface area is 273 Å². The van der Waals surface area contributed by atoms with Gasteiger partial charge in [0.25, 0.3) is 0 Å². The topological polar surface area (TPSA) is 67.4 Å². The molecule has 5 aromatic heterocycles. The molecule has 0 spiro atoms. The number of methoxy groups -OCH3 is 2. The zero-order valence-electron chi connectivity index (χ0n) is 22.7. The summed E-state index contributed by atoms with van der Waals surface area (Å²) in [5.74, 6) is 10.8. The standard InChI is InChI=1S/C15H11FN2OS.C8H8OS.C7H6OS.CH3I.CH4/c1-19-9-14-5-4-13(20-14)3-2-12-7-10-6-11(16)8-17-15(10)18-12;1-3-7-4-5-8(10-7)6-9-2;1-2-6-3-4-7(5-8)9-6;1-2;/h4-8H,9H2,1H3,(H,17,18);1,4-5H,6H2,2H3;1,3-4,8H,5H2;1H3;1H4. The molecule has 5 rings (SSSR count). The molecule has 0 aromatic carbocycles. The predicted molar refractivity (Wildman–Crippen MR) is 185 cm³/mol. The van der Waals surface area contributed by atoms with Crippen LogP contribution in [0.4, 0.5) is 4.39 Å². The number of nitrogens with zero attached hydrogens (tertiary/aromatic N) is 1. The highest BCUT2D eigenvalue weighted by Gasteiger charge is 2.02. The van der Waals surface area contributed by atoms with E-state index in [-0.39, 0.29) is 19.9 Å². The number of pyridine rings is 1. The molecule has 5 nitrogen and oxygen atoms in total. The van der Waals surface area contributed by atoms with E-state index >= 15 is 0 Å². The SMILES string of the molecule is C.C#Cc1ccc(CO)s1.C#Cc1ccc(COC)s1.CI.COCc1ccc(C#Cc2cc3cc(F)cnc3[nH]2)s1. The fourth-order valence-corrected chi connectivity index (χ4v) is 5.37. The molecule has 0 saturated carbocycles. The van der Waals surface area contributed by atoms with Gasteiger partial charge in [0, 0.05) is 34.2 Å². The van der Waals surface area contributed by atoms with Crippen LogP contribution in [0.15, 0.2) is 54.7 Å². The van der Waals surface area contributed by atoms with Gasteiger partial charge < -0.3 is 19.6 Å². The summed E-state index contributed by atoms with van der Waals surface area (Å²) in [5, 5.41) is 9.31. The number of halogens is 2. The molecule has 0 aliphatic heterocycles. The number of aliphatic hydroxyl groups is 1. The molecule has 0 saturated heterocycles. The van der Waals surface area contributed by atoms with Gasteiger partial charge in [0.15, 0.2) is 0 Å². The number of alkyl halides is 1. The second-order valence-electron chi connectivity index (χ2n) is 7.64. The summed E-state index contributed by atoms with van der Waals surface area (Å²) in [7, 11) is 3.34. The van der Waals surface area contributed by atoms with Gasteiger partial charge in [-0.2, -0.15) is 0 Å². The van der Waals surface area contributed by atoms with Gasteiger partial charge in [0.05, 0.1) is 46.3 Å². The lowest BCUT2D eigenvalue weighted by atomic mass is 10.3. The Bertz CT molecular complexity index is 1640. The Balaban J connectivity index is 0.000000338. The maximum absolute atomic E-state index is 13.0. The van der Waals surface area contributed by atoms with Gasteiger partial charge in [0.1, 0.15) is 11.5 Å². The van der Waals surface area contributed by atoms with Crippen LogP contribution in [0.1, 0.15) is 42.4 Å². The third-order valence-corrected chi connectivity index (χ3v) is 7.72. The molecular weight excluding hydrogens is 702 g/mol. The molecule has 5 aromatic rings. The lowest BCUT2D eigenvalue weighted by molar-refractivity contribution is 0.187. The summed E-state index contributed by atoms with van der Waals surface area (Å²) in [4.78, 5) is 15.0. The highest BCUT2D eigenvalue weighted by molar-refractivity contribution is 14.1. The first-order valence-corrected chi connectivity index (χ1v) is 16.4. The molecule has 5 heterocycles. The smallest absolute Gasteiger partial charge is 0.142 e. The van der Waals surface area contributed by atoms with E-state index in [4.69, 9.17) is 27.4 Å². The molecule has 0 unspecified atom stereocenters. The Morgan fingerprint density at radius 2 is 1.38 bits per heavy atom. The van der Waals surface area contributed by atoms with Crippen LogP contribution in [0, 0.1) is 42.3 Å². The highest BCUT2D eigenvalue weighted by atomic mass is 127. The van der Waals surface area contributed by atoms with Crippen LogP contribution in [-0.2, 0) is 29.3 Å². The van der Waals surface area contributed by atoms with E-state index in [0.29, 0.717) is 18.9 Å². The van der Waals surface area contributed by atoms with Crippen molar-refractivity contribution < 1.29 is 19.0 Å². The minimum atomic E-state index is -0.349. The quantitative estimate of drug-likeness (QED) is 0.109. The van der Waals surface area contributed by atoms with Crippen molar-refractivity contribution in [2.24, 2.45) is 0 Å². The third kappa shape index (κ3) is 12.5. The summed E-state index contributed by atoms with van der Waals surface area (Å²) in [6, 6.07) is 14.8. The lowest BCUT2D eigenvalue weighted by Gasteiger charge is -1.89. The van der Waals surface area contributed by atoms with Crippen molar-refractivity contribution in [3.63, 3.8) is 0 Å². The molecule has 0 radical (unpaired) electrons. The van der Waals surface area contributed by atoms with Gasteiger partial charge in [0.2, 0.25) is 0 Å². The van der Waals surface area contributed by atoms with Gasteiger partial charge in [-0.05, 0) is 65.3 Å². The average Bonchev–Trinajstić information content (AvgIpc) is 3.81. The molecule has 0 amide bonds. The van der Waals surface area contributed by atoms with Gasteiger partial charge in [-0.1, -0.05) is 41.9 Å². The Hall–Kier alpha value is -2.99. The Kier molecular flexibility index (Phi) is 18.4. The fourth-order valence-electron chi connectivity index (χ4n) is 3.07. The summed E-state index contributed by atoms with van der Waals surface area (Å²) in [6.07, 6.45) is 11.5. The van der Waals surface area contributed by atoms with Crippen molar-refractivity contribution in [2.45, 2.75) is 27.2 Å². The monoisotopic (exact) mass is 734 g/mol. The third-order valence-electron chi connectivity index (χ3n) is 4.76. The first-order chi connectivity index (χ1) is 20.0. The van der Waals surface area contributed by atoms with Crippen molar-refractivity contribution in [3.05, 3.63) is 95.5 Å². The van der Waals surface area contributed by atoms with Gasteiger partial charge in [-0.15, -0.1) is 46.9 Å². The van der Waals surface area contributed by atoms with E-state index < -0.39 is 0 Å². The maximum atomic E-state index is 13.0. The second kappa shape index (κ2) is 20.8. The predicted octanol–water partition coefficient (Wildman–Crippen LogP) is 8.09. The van der Waals surface area contributed by atoms with Crippen molar-refractivity contribution in [1.82, 2.24) is 9.97 Å². The largest absolute Gasteiger partial charge is 0.391 e. The van der Waals surface area contributed by atoms with E-state index in [1.54, 1.807) is 43.0 Å². The fraction of sp³-hybridized carbons (Fsp3) is 0.219. The number of thiophene rings is 3. The van der Waals surface area contributed by atoms with E-state index in [2.05, 4.69) is 56.2 Å². The molecule has 0 aliphatic carbocycles. The number of aromatic nitrogens is 2. The number of rotatable bonds is 5. The minimum absolute atomic E-state index is 0. The van der Waals surface area contributed by atoms with Crippen molar-refractivity contribution in [1.29, 1.82) is 0 Å². The number of terminal acetylenes is 2. The van der Waals surface area contributed by atoms with E-state index in [1.165, 1.54) is 28.5 Å². The number of ether oxygens (including phenoxy) is 2. The number of aliphatic hydroxyl groups excluding tert-OH is 1. The molecular formula is C32H32FIN2O3S3. The van der Waals surface area contributed by atoms with Crippen LogP contribution in [0.3, 0.4) is 0 Å². The van der Waals surface area contributed by atoms with Crippen molar-refractivity contribution >= 4 is 67.6 Å². The van der Waals surface area contributed by atoms with E-state index in [9.17, 15) is 4.39 Å². The van der Waals surface area contributed by atoms with Crippen LogP contribution < -0.4 is 0 Å². The Morgan fingerprint density at radius 1 is 0.857 bits per heavy atom. The van der Waals surface area contributed by atoms with Crippen LogP contribution in [0.2, 0.25) is 0 Å². The molecule has 42 heavy (non-hydrogen) atoms. The molecule has 220 valence electrons. The van der Waals surface area contributed by atoms with Crippen LogP contribution >= 0.6 is 56.6 Å². The van der Waals surface area contributed by atoms with Crippen LogP contribution in [0.25, 0.3) is 11.0 Å². The number of hydrogen-bond donors (Lipinski definition) is 2. The zero-order valence-corrected chi connectivity index (χ0v) is 27.3. The Morgan fingerprint density at radius 3 is 1.88 bits per heavy atom. The van der Waals surface area contributed by atoms with Gasteiger partial charge >= 0.3 is 0 Å². The van der Waals surface area contributed by atoms with E-state index in [0.717, 1.165) is 35.5 Å². The summed E-state index contributed by atoms with van der Waals surface area (Å²) < 4.78 is 23.0. The first-order valence-electron chi connectivity index (χ1n) is 11.8. The highest BCUT2D eigenvalue weighted by Crippen LogP contribution is 2.18. The van der Waals surface area contributed by atoms with Crippen molar-refractivity contribution in [3.8, 4) is 36.5 Å². The van der Waals surface area contributed by atoms with Crippen molar-refractivity contribution in [2.75, 3.05) is 19.2 Å². The number of aromatic amines is 1. The number of H-pyrrole nitrogens is 1. The minimum Gasteiger partial charge on any atom is -0.391 e. The lowest BCUT2D eigenvalue weighted by Crippen LogP contribution is -1.79. The van der Waals surface area contributed by atoms with Gasteiger partial charge in [-0.3, -0.25) is 0 Å². The molecule has 10 heteroatoms. The molecule has 0 fully saturated rings. The number of nitrogens with one attached hydrogen (secondary N) is 1. The maximum Gasteiger partial charge on any atom is 0.142 e. The second-order valence-corrected chi connectivity index (χ2v) is 11.1. The zero-order chi connectivity index (χ0) is 30.0. The molecule has 2 N–H and O–H groups in total. The normalized spacial score (nSPS) is 9.24. The first kappa shape index (κ1) is 37.0. The number of hydrogen-bond acceptors (Lipinski definition) is 7. The molecule has 0 atom stereocenters. The average molecular weight is 735 g/mol. The molecule has 0 bridgehead atoms. The summed E-state index contributed by atoms with van der Waals surface area (Å²) in [6.45, 7) is 1.35.